The smallest absolute Gasteiger partial charge is 0.493 e. The Bertz CT molecular complexity index is 576. The van der Waals surface area contributed by atoms with Crippen molar-refractivity contribution in [2.45, 2.75) is 12.4 Å². The molecule has 4 nitrogen and oxygen atoms in total. The van der Waals surface area contributed by atoms with Gasteiger partial charge in [-0.15, -0.1) is 0 Å². The Morgan fingerprint density at radius 3 is 2.37 bits per heavy atom. The van der Waals surface area contributed by atoms with Gasteiger partial charge in [-0.25, -0.2) is 0 Å². The third-order valence-corrected chi connectivity index (χ3v) is 3.01. The highest BCUT2D eigenvalue weighted by Crippen LogP contribution is 2.36. The molecule has 0 heterocycles. The fourth-order valence-corrected chi connectivity index (χ4v) is 1.74. The predicted molar refractivity (Wildman–Crippen MR) is 63.3 cm³/mol. The van der Waals surface area contributed by atoms with Gasteiger partial charge >= 0.3 is 15.6 Å². The molecule has 8 heteroatoms. The van der Waals surface area contributed by atoms with Gasteiger partial charge in [0.1, 0.15) is 0 Å². The second-order valence-electron chi connectivity index (χ2n) is 3.36. The Hall–Kier alpha value is -1.70. The van der Waals surface area contributed by atoms with Gasteiger partial charge in [0.05, 0.1) is 7.11 Å². The van der Waals surface area contributed by atoms with Crippen LogP contribution in [0.3, 0.4) is 0 Å². The Labute approximate surface area is 108 Å². The van der Waals surface area contributed by atoms with Crippen molar-refractivity contribution < 1.29 is 30.5 Å². The van der Waals surface area contributed by atoms with E-state index in [1.807, 2.05) is 0 Å². The predicted octanol–water partition coefficient (Wildman–Crippen LogP) is 2.96. The molecule has 1 aromatic carbocycles. The van der Waals surface area contributed by atoms with Gasteiger partial charge in [0.25, 0.3) is 0 Å². The molecule has 0 fully saturated rings. The largest absolute Gasteiger partial charge is 0.534 e. The maximum atomic E-state index is 12.3. The van der Waals surface area contributed by atoms with Gasteiger partial charge < -0.3 is 8.92 Å². The number of para-hydroxylation sites is 1. The van der Waals surface area contributed by atoms with Crippen molar-refractivity contribution in [2.24, 2.45) is 0 Å². The summed E-state index contributed by atoms with van der Waals surface area (Å²) in [6.07, 6.45) is 2.94. The molecule has 0 aliphatic heterocycles. The summed E-state index contributed by atoms with van der Waals surface area (Å²) in [4.78, 5) is 0. The van der Waals surface area contributed by atoms with Crippen LogP contribution >= 0.6 is 0 Å². The summed E-state index contributed by atoms with van der Waals surface area (Å²) in [5.74, 6) is -0.608. The van der Waals surface area contributed by atoms with E-state index in [2.05, 4.69) is 4.18 Å². The Morgan fingerprint density at radius 1 is 1.26 bits per heavy atom. The van der Waals surface area contributed by atoms with E-state index < -0.39 is 21.4 Å². The number of allylic oxidation sites excluding steroid dienone is 1. The Balaban J connectivity index is 3.34. The summed E-state index contributed by atoms with van der Waals surface area (Å²) < 4.78 is 67.9. The molecule has 0 spiro atoms. The lowest BCUT2D eigenvalue weighted by Crippen LogP contribution is -2.28. The lowest BCUT2D eigenvalue weighted by molar-refractivity contribution is -0.0500. The molecular weight excluding hydrogens is 285 g/mol. The number of ether oxygens (including phenoxy) is 1. The van der Waals surface area contributed by atoms with Crippen LogP contribution in [-0.2, 0) is 10.1 Å². The molecule has 0 aliphatic carbocycles. The van der Waals surface area contributed by atoms with Crippen molar-refractivity contribution >= 4 is 16.2 Å². The molecule has 0 N–H and O–H groups in total. The van der Waals surface area contributed by atoms with Gasteiger partial charge in [0.2, 0.25) is 0 Å². The second-order valence-corrected chi connectivity index (χ2v) is 4.90. The van der Waals surface area contributed by atoms with Crippen molar-refractivity contribution in [3.8, 4) is 11.5 Å². The van der Waals surface area contributed by atoms with Gasteiger partial charge in [-0.3, -0.25) is 0 Å². The van der Waals surface area contributed by atoms with Crippen LogP contribution in [0.15, 0.2) is 24.3 Å². The molecule has 1 rings (SSSR count). The number of alkyl halides is 3. The standard InChI is InChI=1S/C11H11F3O4S/c1-3-5-8-6-4-7-9(17-2)10(8)18-19(15,16)11(12,13)14/h3-7H,1-2H3/b5-3-. The van der Waals surface area contributed by atoms with Crippen molar-refractivity contribution in [2.75, 3.05) is 7.11 Å². The van der Waals surface area contributed by atoms with Crippen LogP contribution in [0.2, 0.25) is 0 Å². The highest BCUT2D eigenvalue weighted by Gasteiger charge is 2.49. The van der Waals surface area contributed by atoms with Crippen molar-refractivity contribution in [3.05, 3.63) is 29.8 Å². The van der Waals surface area contributed by atoms with E-state index in [-0.39, 0.29) is 11.3 Å². The molecule has 0 atom stereocenters. The third kappa shape index (κ3) is 3.40. The van der Waals surface area contributed by atoms with Gasteiger partial charge in [-0.1, -0.05) is 24.3 Å². The number of rotatable bonds is 4. The SMILES string of the molecule is C/C=C\c1cccc(OC)c1OS(=O)(=O)C(F)(F)F. The maximum Gasteiger partial charge on any atom is 0.534 e. The molecule has 0 amide bonds. The van der Waals surface area contributed by atoms with E-state index in [0.717, 1.165) is 0 Å². The molecule has 0 saturated heterocycles. The molecule has 0 unspecified atom stereocenters. The van der Waals surface area contributed by atoms with Crippen LogP contribution in [0.25, 0.3) is 6.08 Å². The summed E-state index contributed by atoms with van der Waals surface area (Å²) in [5.41, 5.74) is -5.34. The van der Waals surface area contributed by atoms with E-state index in [4.69, 9.17) is 4.74 Å². The van der Waals surface area contributed by atoms with Crippen LogP contribution in [0, 0.1) is 0 Å². The molecule has 106 valence electrons. The zero-order valence-electron chi connectivity index (χ0n) is 10.1. The summed E-state index contributed by atoms with van der Waals surface area (Å²) in [7, 11) is -4.54. The van der Waals surface area contributed by atoms with E-state index in [1.165, 1.54) is 37.5 Å². The van der Waals surface area contributed by atoms with Crippen LogP contribution in [-0.4, -0.2) is 21.0 Å². The molecule has 0 aliphatic rings. The van der Waals surface area contributed by atoms with Crippen molar-refractivity contribution in [1.82, 2.24) is 0 Å². The second kappa shape index (κ2) is 5.52. The lowest BCUT2D eigenvalue weighted by Gasteiger charge is -2.14. The zero-order chi connectivity index (χ0) is 14.7. The number of benzene rings is 1. The number of hydrogen-bond acceptors (Lipinski definition) is 4. The summed E-state index contributed by atoms with van der Waals surface area (Å²) >= 11 is 0. The molecule has 1 aromatic rings. The van der Waals surface area contributed by atoms with E-state index in [1.54, 1.807) is 6.92 Å². The highest BCUT2D eigenvalue weighted by atomic mass is 32.2. The first-order valence-corrected chi connectivity index (χ1v) is 6.44. The monoisotopic (exact) mass is 296 g/mol. The normalized spacial score (nSPS) is 12.7. The summed E-state index contributed by atoms with van der Waals surface area (Å²) in [5, 5.41) is 0. The molecule has 19 heavy (non-hydrogen) atoms. The fourth-order valence-electron chi connectivity index (χ4n) is 1.25. The Morgan fingerprint density at radius 2 is 1.89 bits per heavy atom. The number of hydrogen-bond donors (Lipinski definition) is 0. The highest BCUT2D eigenvalue weighted by molar-refractivity contribution is 7.88. The summed E-state index contributed by atoms with van der Waals surface area (Å²) in [6, 6.07) is 4.21. The lowest BCUT2D eigenvalue weighted by atomic mass is 10.2. The fraction of sp³-hybridized carbons (Fsp3) is 0.273. The van der Waals surface area contributed by atoms with Crippen molar-refractivity contribution in [1.29, 1.82) is 0 Å². The molecule has 0 saturated carbocycles. The van der Waals surface area contributed by atoms with Gasteiger partial charge in [-0.2, -0.15) is 21.6 Å². The van der Waals surface area contributed by atoms with Gasteiger partial charge in [0, 0.05) is 5.56 Å². The minimum absolute atomic E-state index is 0.108. The number of methoxy groups -OCH3 is 1. The minimum atomic E-state index is -5.74. The molecule has 0 radical (unpaired) electrons. The van der Waals surface area contributed by atoms with Gasteiger partial charge in [-0.05, 0) is 13.0 Å². The third-order valence-electron chi connectivity index (χ3n) is 2.05. The minimum Gasteiger partial charge on any atom is -0.493 e. The zero-order valence-corrected chi connectivity index (χ0v) is 10.9. The van der Waals surface area contributed by atoms with E-state index in [0.29, 0.717) is 0 Å². The van der Waals surface area contributed by atoms with Crippen LogP contribution < -0.4 is 8.92 Å². The quantitative estimate of drug-likeness (QED) is 0.633. The topological polar surface area (TPSA) is 52.6 Å². The first kappa shape index (κ1) is 15.4. The molecular formula is C11H11F3O4S. The maximum absolute atomic E-state index is 12.3. The summed E-state index contributed by atoms with van der Waals surface area (Å²) in [6.45, 7) is 1.63. The van der Waals surface area contributed by atoms with E-state index >= 15 is 0 Å². The van der Waals surface area contributed by atoms with E-state index in [9.17, 15) is 21.6 Å². The molecule has 0 aromatic heterocycles. The van der Waals surface area contributed by atoms with Crippen LogP contribution in [0.5, 0.6) is 11.5 Å². The first-order chi connectivity index (χ1) is 8.73. The van der Waals surface area contributed by atoms with Crippen molar-refractivity contribution in [3.63, 3.8) is 0 Å². The van der Waals surface area contributed by atoms with Crippen LogP contribution in [0.4, 0.5) is 13.2 Å². The average Bonchev–Trinajstić information content (AvgIpc) is 2.30. The first-order valence-electron chi connectivity index (χ1n) is 5.03. The average molecular weight is 296 g/mol. The Kier molecular flexibility index (Phi) is 4.46. The number of halogens is 3. The van der Waals surface area contributed by atoms with Gasteiger partial charge in [0.15, 0.2) is 11.5 Å². The molecule has 0 bridgehead atoms. The van der Waals surface area contributed by atoms with Crippen LogP contribution in [0.1, 0.15) is 12.5 Å².